The molecule has 164 valence electrons. The zero-order chi connectivity index (χ0) is 23.2. The third-order valence-electron chi connectivity index (χ3n) is 5.14. The number of hydrogen-bond donors (Lipinski definition) is 1. The molecule has 7 heteroatoms. The lowest BCUT2D eigenvalue weighted by molar-refractivity contribution is -0.384. The summed E-state index contributed by atoms with van der Waals surface area (Å²) in [6.07, 6.45) is 1.37. The van der Waals surface area contributed by atoms with Crippen molar-refractivity contribution in [1.29, 1.82) is 0 Å². The summed E-state index contributed by atoms with van der Waals surface area (Å²) in [5, 5.41) is 15.4. The Morgan fingerprint density at radius 2 is 1.61 bits per heavy atom. The molecular weight excluding hydrogens is 418 g/mol. The molecule has 0 aliphatic heterocycles. The number of carbonyl (C=O) groups excluding carboxylic acids is 1. The Hall–Kier alpha value is -4.52. The molecule has 0 saturated heterocycles. The molecule has 1 heterocycles. The number of nitro benzene ring substituents is 1. The van der Waals surface area contributed by atoms with Gasteiger partial charge in [-0.25, -0.2) is 5.43 Å². The van der Waals surface area contributed by atoms with Gasteiger partial charge in [0.05, 0.1) is 22.6 Å². The van der Waals surface area contributed by atoms with E-state index < -0.39 is 10.8 Å². The fourth-order valence-electron chi connectivity index (χ4n) is 3.58. The summed E-state index contributed by atoms with van der Waals surface area (Å²) in [7, 11) is 0. The van der Waals surface area contributed by atoms with E-state index in [1.54, 1.807) is 31.2 Å². The largest absolute Gasteiger partial charge is 0.455 e. The van der Waals surface area contributed by atoms with E-state index in [0.29, 0.717) is 17.1 Å². The lowest BCUT2D eigenvalue weighted by Crippen LogP contribution is -2.26. The van der Waals surface area contributed by atoms with Crippen molar-refractivity contribution < 1.29 is 14.1 Å². The minimum atomic E-state index is -0.521. The highest BCUT2D eigenvalue weighted by molar-refractivity contribution is 5.88. The Kier molecular flexibility index (Phi) is 6.40. The van der Waals surface area contributed by atoms with Gasteiger partial charge in [-0.2, -0.15) is 5.10 Å². The average molecular weight is 439 g/mol. The maximum Gasteiger partial charge on any atom is 0.280 e. The maximum atomic E-state index is 13.0. The van der Waals surface area contributed by atoms with Crippen LogP contribution in [0.25, 0.3) is 11.3 Å². The second-order valence-corrected chi connectivity index (χ2v) is 7.47. The molecule has 1 amide bonds. The molecule has 0 atom stereocenters. The van der Waals surface area contributed by atoms with Crippen LogP contribution < -0.4 is 5.43 Å². The molecule has 0 radical (unpaired) electrons. The molecule has 3 aromatic carbocycles. The topological polar surface area (TPSA) is 97.7 Å². The van der Waals surface area contributed by atoms with Crippen molar-refractivity contribution in [2.75, 3.05) is 0 Å². The molecule has 4 rings (SSSR count). The first kappa shape index (κ1) is 21.7. The Morgan fingerprint density at radius 1 is 0.970 bits per heavy atom. The highest BCUT2D eigenvalue weighted by atomic mass is 16.6. The van der Waals surface area contributed by atoms with E-state index in [2.05, 4.69) is 10.5 Å². The van der Waals surface area contributed by atoms with E-state index in [0.717, 1.165) is 16.7 Å². The smallest absolute Gasteiger partial charge is 0.280 e. The lowest BCUT2D eigenvalue weighted by Gasteiger charge is -2.16. The number of benzene rings is 3. The Balaban J connectivity index is 1.52. The standard InChI is InChI=1S/C26H21N3O4/c1-18-12-14-22(23(16-18)29(31)32)24-15-13-21(33-24)17-27-28-26(30)25(19-8-4-2-5-9-19)20-10-6-3-7-11-20/h2-17,25H,1H3,(H,28,30)/b27-17-. The molecule has 33 heavy (non-hydrogen) atoms. The number of aryl methyl sites for hydroxylation is 1. The van der Waals surface area contributed by atoms with Crippen LogP contribution in [-0.4, -0.2) is 17.0 Å². The molecule has 0 saturated carbocycles. The molecule has 7 nitrogen and oxygen atoms in total. The van der Waals surface area contributed by atoms with Crippen molar-refractivity contribution in [2.45, 2.75) is 12.8 Å². The van der Waals surface area contributed by atoms with Gasteiger partial charge in [0.1, 0.15) is 11.5 Å². The van der Waals surface area contributed by atoms with Gasteiger partial charge in [0, 0.05) is 6.07 Å². The summed E-state index contributed by atoms with van der Waals surface area (Å²) >= 11 is 0. The van der Waals surface area contributed by atoms with Gasteiger partial charge in [0.25, 0.3) is 11.6 Å². The average Bonchev–Trinajstić information content (AvgIpc) is 3.29. The van der Waals surface area contributed by atoms with Crippen LogP contribution in [0, 0.1) is 17.0 Å². The van der Waals surface area contributed by atoms with Crippen LogP contribution >= 0.6 is 0 Å². The van der Waals surface area contributed by atoms with Crippen molar-refractivity contribution in [3.8, 4) is 11.3 Å². The minimum Gasteiger partial charge on any atom is -0.455 e. The van der Waals surface area contributed by atoms with Crippen LogP contribution in [0.5, 0.6) is 0 Å². The quantitative estimate of drug-likeness (QED) is 0.235. The molecule has 1 aromatic heterocycles. The van der Waals surface area contributed by atoms with Crippen LogP contribution in [0.2, 0.25) is 0 Å². The van der Waals surface area contributed by atoms with E-state index in [1.165, 1.54) is 12.3 Å². The predicted molar refractivity (Wildman–Crippen MR) is 126 cm³/mol. The second-order valence-electron chi connectivity index (χ2n) is 7.47. The maximum absolute atomic E-state index is 13.0. The first-order chi connectivity index (χ1) is 16.0. The van der Waals surface area contributed by atoms with Gasteiger partial charge in [-0.15, -0.1) is 0 Å². The van der Waals surface area contributed by atoms with Gasteiger partial charge in [-0.1, -0.05) is 66.7 Å². The Bertz CT molecular complexity index is 1260. The lowest BCUT2D eigenvalue weighted by atomic mass is 9.91. The molecule has 0 bridgehead atoms. The molecule has 0 fully saturated rings. The first-order valence-corrected chi connectivity index (χ1v) is 10.3. The van der Waals surface area contributed by atoms with Gasteiger partial charge < -0.3 is 4.42 Å². The minimum absolute atomic E-state index is 0.0327. The summed E-state index contributed by atoms with van der Waals surface area (Å²) in [6.45, 7) is 1.79. The number of hydrazone groups is 1. The van der Waals surface area contributed by atoms with E-state index >= 15 is 0 Å². The molecule has 0 aliphatic carbocycles. The summed E-state index contributed by atoms with van der Waals surface area (Å²) in [6, 6.07) is 27.1. The number of nitro groups is 1. The Labute approximate surface area is 190 Å². The Morgan fingerprint density at radius 3 is 2.21 bits per heavy atom. The molecule has 1 N–H and O–H groups in total. The van der Waals surface area contributed by atoms with Crippen molar-refractivity contribution in [2.24, 2.45) is 5.10 Å². The number of carbonyl (C=O) groups is 1. The normalized spacial score (nSPS) is 11.1. The molecule has 0 unspecified atom stereocenters. The van der Waals surface area contributed by atoms with Gasteiger partial charge in [-0.3, -0.25) is 14.9 Å². The van der Waals surface area contributed by atoms with Crippen molar-refractivity contribution in [3.05, 3.63) is 124 Å². The number of nitrogens with one attached hydrogen (secondary N) is 1. The number of rotatable bonds is 7. The van der Waals surface area contributed by atoms with Crippen LogP contribution in [0.15, 0.2) is 101 Å². The van der Waals surface area contributed by atoms with Gasteiger partial charge in [-0.05, 0) is 41.8 Å². The third-order valence-corrected chi connectivity index (χ3v) is 5.14. The predicted octanol–water partition coefficient (Wildman–Crippen LogP) is 5.45. The highest BCUT2D eigenvalue weighted by Gasteiger charge is 2.22. The van der Waals surface area contributed by atoms with E-state index in [-0.39, 0.29) is 11.6 Å². The van der Waals surface area contributed by atoms with E-state index in [4.69, 9.17) is 4.42 Å². The zero-order valence-electron chi connectivity index (χ0n) is 17.8. The molecule has 4 aromatic rings. The fraction of sp³-hybridized carbons (Fsp3) is 0.0769. The highest BCUT2D eigenvalue weighted by Crippen LogP contribution is 2.31. The number of nitrogens with zero attached hydrogens (tertiary/aromatic N) is 2. The number of amides is 1. The summed E-state index contributed by atoms with van der Waals surface area (Å²) in [5.41, 5.74) is 5.41. The SMILES string of the molecule is Cc1ccc(-c2ccc(/C=N\NC(=O)C(c3ccccc3)c3ccccc3)o2)c([N+](=O)[O-])c1. The van der Waals surface area contributed by atoms with E-state index in [1.807, 2.05) is 60.7 Å². The van der Waals surface area contributed by atoms with E-state index in [9.17, 15) is 14.9 Å². The monoisotopic (exact) mass is 439 g/mol. The van der Waals surface area contributed by atoms with Crippen molar-refractivity contribution in [3.63, 3.8) is 0 Å². The van der Waals surface area contributed by atoms with Crippen LogP contribution in [0.1, 0.15) is 28.4 Å². The van der Waals surface area contributed by atoms with Crippen molar-refractivity contribution >= 4 is 17.8 Å². The van der Waals surface area contributed by atoms with Gasteiger partial charge >= 0.3 is 0 Å². The zero-order valence-corrected chi connectivity index (χ0v) is 17.8. The summed E-state index contributed by atoms with van der Waals surface area (Å²) in [5.74, 6) is -0.103. The summed E-state index contributed by atoms with van der Waals surface area (Å²) < 4.78 is 5.71. The number of furan rings is 1. The second kappa shape index (κ2) is 9.74. The van der Waals surface area contributed by atoms with Crippen LogP contribution in [0.4, 0.5) is 5.69 Å². The number of hydrogen-bond acceptors (Lipinski definition) is 5. The van der Waals surface area contributed by atoms with Gasteiger partial charge in [0.15, 0.2) is 0 Å². The van der Waals surface area contributed by atoms with Gasteiger partial charge in [0.2, 0.25) is 0 Å². The fourth-order valence-corrected chi connectivity index (χ4v) is 3.58. The molecule has 0 spiro atoms. The first-order valence-electron chi connectivity index (χ1n) is 10.3. The third kappa shape index (κ3) is 5.04. The van der Waals surface area contributed by atoms with Crippen molar-refractivity contribution in [1.82, 2.24) is 5.43 Å². The summed E-state index contributed by atoms with van der Waals surface area (Å²) in [4.78, 5) is 23.9. The van der Waals surface area contributed by atoms with Crippen LogP contribution in [0.3, 0.4) is 0 Å². The molecular formula is C26H21N3O4. The molecule has 0 aliphatic rings. The van der Waals surface area contributed by atoms with Crippen LogP contribution in [-0.2, 0) is 4.79 Å².